The molecule has 0 aliphatic carbocycles. The summed E-state index contributed by atoms with van der Waals surface area (Å²) < 4.78 is 1.74. The summed E-state index contributed by atoms with van der Waals surface area (Å²) in [5, 5.41) is 14.8. The summed E-state index contributed by atoms with van der Waals surface area (Å²) in [5.41, 5.74) is 0.982. The minimum Gasteiger partial charge on any atom is -0.310 e. The average molecular weight is 203 g/mol. The Bertz CT molecular complexity index is 409. The van der Waals surface area contributed by atoms with Crippen LogP contribution in [0.25, 0.3) is 5.69 Å². The van der Waals surface area contributed by atoms with Crippen molar-refractivity contribution in [2.24, 2.45) is 0 Å². The predicted octanol–water partition coefficient (Wildman–Crippen LogP) is 0.772. The Morgan fingerprint density at radius 2 is 2.07 bits per heavy atom. The molecule has 0 unspecified atom stereocenters. The SMILES string of the molecule is CCNCc1nnnn1-c1ccccc1. The highest BCUT2D eigenvalue weighted by atomic mass is 15.5. The van der Waals surface area contributed by atoms with E-state index in [0.717, 1.165) is 18.1 Å². The van der Waals surface area contributed by atoms with Crippen LogP contribution in [0.5, 0.6) is 0 Å². The van der Waals surface area contributed by atoms with Gasteiger partial charge in [0.1, 0.15) is 0 Å². The van der Waals surface area contributed by atoms with Crippen molar-refractivity contribution in [2.45, 2.75) is 13.5 Å². The van der Waals surface area contributed by atoms with Gasteiger partial charge in [-0.25, -0.2) is 0 Å². The van der Waals surface area contributed by atoms with Crippen molar-refractivity contribution in [3.8, 4) is 5.69 Å². The highest BCUT2D eigenvalue weighted by molar-refractivity contribution is 5.30. The van der Waals surface area contributed by atoms with Crippen molar-refractivity contribution in [3.05, 3.63) is 36.2 Å². The van der Waals surface area contributed by atoms with Gasteiger partial charge in [-0.2, -0.15) is 4.68 Å². The molecule has 0 atom stereocenters. The zero-order valence-electron chi connectivity index (χ0n) is 8.59. The van der Waals surface area contributed by atoms with Gasteiger partial charge in [-0.05, 0) is 29.1 Å². The summed E-state index contributed by atoms with van der Waals surface area (Å²) in [6.45, 7) is 3.64. The molecule has 0 aliphatic rings. The number of hydrogen-bond donors (Lipinski definition) is 1. The van der Waals surface area contributed by atoms with E-state index in [1.165, 1.54) is 0 Å². The summed E-state index contributed by atoms with van der Waals surface area (Å²) in [6, 6.07) is 9.86. The van der Waals surface area contributed by atoms with Crippen LogP contribution in [0.3, 0.4) is 0 Å². The van der Waals surface area contributed by atoms with Crippen LogP contribution in [-0.4, -0.2) is 26.8 Å². The molecule has 0 spiro atoms. The van der Waals surface area contributed by atoms with E-state index in [9.17, 15) is 0 Å². The van der Waals surface area contributed by atoms with Crippen LogP contribution in [0.15, 0.2) is 30.3 Å². The van der Waals surface area contributed by atoms with Crippen LogP contribution in [-0.2, 0) is 6.54 Å². The van der Waals surface area contributed by atoms with Crippen molar-refractivity contribution in [3.63, 3.8) is 0 Å². The molecular weight excluding hydrogens is 190 g/mol. The lowest BCUT2D eigenvalue weighted by Crippen LogP contribution is -2.16. The van der Waals surface area contributed by atoms with Crippen LogP contribution >= 0.6 is 0 Å². The fourth-order valence-electron chi connectivity index (χ4n) is 1.32. The first-order valence-electron chi connectivity index (χ1n) is 4.95. The summed E-state index contributed by atoms with van der Waals surface area (Å²) in [4.78, 5) is 0. The fraction of sp³-hybridized carbons (Fsp3) is 0.300. The van der Waals surface area contributed by atoms with Crippen molar-refractivity contribution >= 4 is 0 Å². The molecule has 2 aromatic rings. The van der Waals surface area contributed by atoms with E-state index in [0.29, 0.717) is 6.54 Å². The zero-order valence-corrected chi connectivity index (χ0v) is 8.59. The molecular formula is C10H13N5. The molecule has 1 aromatic heterocycles. The number of rotatable bonds is 4. The largest absolute Gasteiger partial charge is 0.310 e. The standard InChI is InChI=1S/C10H13N5/c1-2-11-8-10-12-13-14-15(10)9-6-4-3-5-7-9/h3-7,11H,2,8H2,1H3. The molecule has 0 fully saturated rings. The molecule has 0 radical (unpaired) electrons. The van der Waals surface area contributed by atoms with Crippen LogP contribution < -0.4 is 5.32 Å². The van der Waals surface area contributed by atoms with E-state index < -0.39 is 0 Å². The number of nitrogens with one attached hydrogen (secondary N) is 1. The molecule has 1 N–H and O–H groups in total. The second-order valence-electron chi connectivity index (χ2n) is 3.12. The number of para-hydroxylation sites is 1. The van der Waals surface area contributed by atoms with Gasteiger partial charge in [0.05, 0.1) is 12.2 Å². The molecule has 5 heteroatoms. The minimum absolute atomic E-state index is 0.679. The van der Waals surface area contributed by atoms with Gasteiger partial charge in [-0.1, -0.05) is 25.1 Å². The maximum absolute atomic E-state index is 3.97. The fourth-order valence-corrected chi connectivity index (χ4v) is 1.32. The van der Waals surface area contributed by atoms with E-state index in [-0.39, 0.29) is 0 Å². The van der Waals surface area contributed by atoms with Gasteiger partial charge in [0, 0.05) is 0 Å². The molecule has 15 heavy (non-hydrogen) atoms. The predicted molar refractivity (Wildman–Crippen MR) is 56.5 cm³/mol. The van der Waals surface area contributed by atoms with Gasteiger partial charge < -0.3 is 5.32 Å². The quantitative estimate of drug-likeness (QED) is 0.797. The molecule has 0 aliphatic heterocycles. The number of nitrogens with zero attached hydrogens (tertiary/aromatic N) is 4. The van der Waals surface area contributed by atoms with E-state index in [1.54, 1.807) is 4.68 Å². The van der Waals surface area contributed by atoms with E-state index in [1.807, 2.05) is 30.3 Å². The first-order chi connectivity index (χ1) is 7.42. The lowest BCUT2D eigenvalue weighted by Gasteiger charge is -2.03. The lowest BCUT2D eigenvalue weighted by atomic mass is 10.3. The van der Waals surface area contributed by atoms with Crippen LogP contribution in [0.4, 0.5) is 0 Å². The van der Waals surface area contributed by atoms with Crippen LogP contribution in [0, 0.1) is 0 Å². The van der Waals surface area contributed by atoms with E-state index >= 15 is 0 Å². The molecule has 1 heterocycles. The van der Waals surface area contributed by atoms with Crippen LogP contribution in [0.1, 0.15) is 12.7 Å². The second kappa shape index (κ2) is 4.65. The average Bonchev–Trinajstić information content (AvgIpc) is 2.75. The van der Waals surface area contributed by atoms with E-state index in [2.05, 4.69) is 27.8 Å². The number of hydrogen-bond acceptors (Lipinski definition) is 4. The first kappa shape index (κ1) is 9.79. The van der Waals surface area contributed by atoms with Crippen molar-refractivity contribution in [1.82, 2.24) is 25.5 Å². The molecule has 5 nitrogen and oxygen atoms in total. The smallest absolute Gasteiger partial charge is 0.170 e. The highest BCUT2D eigenvalue weighted by Crippen LogP contribution is 2.06. The van der Waals surface area contributed by atoms with Crippen molar-refractivity contribution in [2.75, 3.05) is 6.54 Å². The summed E-state index contributed by atoms with van der Waals surface area (Å²) in [7, 11) is 0. The Labute approximate surface area is 88.1 Å². The lowest BCUT2D eigenvalue weighted by molar-refractivity contribution is 0.664. The van der Waals surface area contributed by atoms with Gasteiger partial charge in [-0.15, -0.1) is 5.10 Å². The molecule has 1 aromatic carbocycles. The molecule has 0 bridgehead atoms. The first-order valence-corrected chi connectivity index (χ1v) is 4.95. The van der Waals surface area contributed by atoms with Gasteiger partial charge in [0.25, 0.3) is 0 Å². The molecule has 78 valence electrons. The van der Waals surface area contributed by atoms with Gasteiger partial charge >= 0.3 is 0 Å². The summed E-state index contributed by atoms with van der Waals surface area (Å²) in [5.74, 6) is 0.822. The molecule has 0 saturated heterocycles. The molecule has 0 amide bonds. The monoisotopic (exact) mass is 203 g/mol. The number of aromatic nitrogens is 4. The van der Waals surface area contributed by atoms with Gasteiger partial charge in [-0.3, -0.25) is 0 Å². The third-order valence-electron chi connectivity index (χ3n) is 2.07. The van der Waals surface area contributed by atoms with Gasteiger partial charge in [0.15, 0.2) is 5.82 Å². The highest BCUT2D eigenvalue weighted by Gasteiger charge is 2.05. The van der Waals surface area contributed by atoms with E-state index in [4.69, 9.17) is 0 Å². The maximum Gasteiger partial charge on any atom is 0.170 e. The Kier molecular flexibility index (Phi) is 3.04. The van der Waals surface area contributed by atoms with Crippen molar-refractivity contribution < 1.29 is 0 Å². The summed E-state index contributed by atoms with van der Waals surface area (Å²) in [6.07, 6.45) is 0. The Hall–Kier alpha value is -1.75. The van der Waals surface area contributed by atoms with Gasteiger partial charge in [0.2, 0.25) is 0 Å². The van der Waals surface area contributed by atoms with Crippen molar-refractivity contribution in [1.29, 1.82) is 0 Å². The molecule has 0 saturated carbocycles. The topological polar surface area (TPSA) is 55.6 Å². The zero-order chi connectivity index (χ0) is 10.5. The Morgan fingerprint density at radius 1 is 1.27 bits per heavy atom. The number of benzene rings is 1. The van der Waals surface area contributed by atoms with Crippen LogP contribution in [0.2, 0.25) is 0 Å². The minimum atomic E-state index is 0.679. The third-order valence-corrected chi connectivity index (χ3v) is 2.07. The second-order valence-corrected chi connectivity index (χ2v) is 3.12. The Balaban J connectivity index is 2.25. The number of tetrazole rings is 1. The normalized spacial score (nSPS) is 10.5. The third kappa shape index (κ3) is 2.19. The molecule has 2 rings (SSSR count). The summed E-state index contributed by atoms with van der Waals surface area (Å²) >= 11 is 0. The Morgan fingerprint density at radius 3 is 2.80 bits per heavy atom. The maximum atomic E-state index is 3.97.